The van der Waals surface area contributed by atoms with Crippen LogP contribution in [0.1, 0.15) is 12.1 Å². The van der Waals surface area contributed by atoms with Crippen LogP contribution in [0.15, 0.2) is 12.3 Å². The van der Waals surface area contributed by atoms with E-state index in [0.29, 0.717) is 12.5 Å². The Bertz CT molecular complexity index is 238. The summed E-state index contributed by atoms with van der Waals surface area (Å²) in [6, 6.07) is 0. The lowest BCUT2D eigenvalue weighted by Crippen LogP contribution is -1.94. The molecular formula is C7H12N4. The summed E-state index contributed by atoms with van der Waals surface area (Å²) in [5.41, 5.74) is 11.6. The number of nitrogen functional groups attached to an aromatic ring is 1. The van der Waals surface area contributed by atoms with Crippen molar-refractivity contribution in [3.8, 4) is 0 Å². The Morgan fingerprint density at radius 1 is 1.64 bits per heavy atom. The molecule has 0 spiro atoms. The molecule has 4 nitrogen and oxygen atoms in total. The average Bonchev–Trinajstić information content (AvgIpc) is 2.37. The van der Waals surface area contributed by atoms with Crippen LogP contribution in [0.2, 0.25) is 0 Å². The van der Waals surface area contributed by atoms with Crippen molar-refractivity contribution in [3.63, 3.8) is 0 Å². The highest BCUT2D eigenvalue weighted by atomic mass is 15.0. The van der Waals surface area contributed by atoms with Gasteiger partial charge in [0.25, 0.3) is 0 Å². The van der Waals surface area contributed by atoms with Crippen molar-refractivity contribution in [2.45, 2.75) is 6.42 Å². The fourth-order valence-corrected chi connectivity index (χ4v) is 0.743. The quantitative estimate of drug-likeness (QED) is 0.584. The molecule has 1 heterocycles. The molecule has 0 atom stereocenters. The predicted octanol–water partition coefficient (Wildman–Crippen LogP) is 0.354. The van der Waals surface area contributed by atoms with Crippen LogP contribution >= 0.6 is 0 Å². The minimum Gasteiger partial charge on any atom is -0.369 e. The monoisotopic (exact) mass is 152 g/mol. The lowest BCUT2D eigenvalue weighted by atomic mass is 10.3. The van der Waals surface area contributed by atoms with Gasteiger partial charge in [0, 0.05) is 0 Å². The summed E-state index contributed by atoms with van der Waals surface area (Å²) < 4.78 is 0. The zero-order chi connectivity index (χ0) is 8.10. The lowest BCUT2D eigenvalue weighted by molar-refractivity contribution is 1.01. The van der Waals surface area contributed by atoms with Gasteiger partial charge in [-0.15, -0.1) is 0 Å². The van der Waals surface area contributed by atoms with Crippen LogP contribution in [0.5, 0.6) is 0 Å². The van der Waals surface area contributed by atoms with Crippen LogP contribution in [-0.2, 0) is 0 Å². The zero-order valence-electron chi connectivity index (χ0n) is 6.25. The molecule has 11 heavy (non-hydrogen) atoms. The first-order valence-corrected chi connectivity index (χ1v) is 3.50. The number of nitrogens with zero attached hydrogens (tertiary/aromatic N) is 1. The molecule has 0 radical (unpaired) electrons. The molecule has 4 heteroatoms. The van der Waals surface area contributed by atoms with Gasteiger partial charge >= 0.3 is 0 Å². The first-order chi connectivity index (χ1) is 5.33. The van der Waals surface area contributed by atoms with E-state index in [0.717, 1.165) is 12.1 Å². The summed E-state index contributed by atoms with van der Waals surface area (Å²) in [5.74, 6) is 0.442. The Kier molecular flexibility index (Phi) is 2.68. The molecule has 0 saturated heterocycles. The number of aromatic amines is 1. The molecule has 0 fully saturated rings. The van der Waals surface area contributed by atoms with Crippen LogP contribution in [-0.4, -0.2) is 16.5 Å². The molecule has 0 aliphatic heterocycles. The number of rotatable bonds is 3. The Morgan fingerprint density at radius 3 is 3.00 bits per heavy atom. The first kappa shape index (κ1) is 7.81. The Hall–Kier alpha value is -1.29. The van der Waals surface area contributed by atoms with E-state index in [9.17, 15) is 0 Å². The standard InChI is InChI=1S/C7H12N4/c8-4-2-1-3-6-5-10-7(9)11-6/h1,3,5H,2,4,8H2,(H3,9,10,11)/b3-1+. The van der Waals surface area contributed by atoms with Gasteiger partial charge in [-0.2, -0.15) is 0 Å². The van der Waals surface area contributed by atoms with Gasteiger partial charge in [0.15, 0.2) is 5.95 Å². The maximum Gasteiger partial charge on any atom is 0.197 e. The zero-order valence-corrected chi connectivity index (χ0v) is 6.25. The van der Waals surface area contributed by atoms with Gasteiger partial charge in [0.05, 0.1) is 11.9 Å². The molecule has 0 aliphatic carbocycles. The van der Waals surface area contributed by atoms with Crippen molar-refractivity contribution in [3.05, 3.63) is 18.0 Å². The second-order valence-corrected chi connectivity index (χ2v) is 2.20. The van der Waals surface area contributed by atoms with Crippen LogP contribution in [0.4, 0.5) is 5.95 Å². The molecule has 0 amide bonds. The second-order valence-electron chi connectivity index (χ2n) is 2.20. The van der Waals surface area contributed by atoms with Gasteiger partial charge in [-0.05, 0) is 19.0 Å². The number of imidazole rings is 1. The summed E-state index contributed by atoms with van der Waals surface area (Å²) in [6.45, 7) is 0.667. The van der Waals surface area contributed by atoms with E-state index in [4.69, 9.17) is 11.5 Å². The van der Waals surface area contributed by atoms with Gasteiger partial charge in [0.1, 0.15) is 0 Å². The van der Waals surface area contributed by atoms with Gasteiger partial charge < -0.3 is 16.5 Å². The van der Waals surface area contributed by atoms with Crippen molar-refractivity contribution in [1.29, 1.82) is 0 Å². The van der Waals surface area contributed by atoms with E-state index < -0.39 is 0 Å². The highest BCUT2D eigenvalue weighted by molar-refractivity contribution is 5.45. The highest BCUT2D eigenvalue weighted by Gasteiger charge is 1.89. The average molecular weight is 152 g/mol. The molecule has 0 saturated carbocycles. The fraction of sp³-hybridized carbons (Fsp3) is 0.286. The maximum atomic E-state index is 5.36. The smallest absolute Gasteiger partial charge is 0.197 e. The van der Waals surface area contributed by atoms with Gasteiger partial charge in [-0.3, -0.25) is 0 Å². The molecule has 60 valence electrons. The van der Waals surface area contributed by atoms with Crippen LogP contribution in [0.3, 0.4) is 0 Å². The molecule has 0 aromatic carbocycles. The van der Waals surface area contributed by atoms with Gasteiger partial charge in [-0.25, -0.2) is 4.98 Å². The minimum atomic E-state index is 0.442. The van der Waals surface area contributed by atoms with Gasteiger partial charge in [-0.1, -0.05) is 6.08 Å². The van der Waals surface area contributed by atoms with Crippen molar-refractivity contribution < 1.29 is 0 Å². The third-order valence-corrected chi connectivity index (χ3v) is 1.25. The van der Waals surface area contributed by atoms with E-state index in [2.05, 4.69) is 9.97 Å². The van der Waals surface area contributed by atoms with Crippen molar-refractivity contribution in [2.75, 3.05) is 12.3 Å². The molecule has 0 bridgehead atoms. The third kappa shape index (κ3) is 2.43. The number of H-pyrrole nitrogens is 1. The normalized spacial score (nSPS) is 11.0. The van der Waals surface area contributed by atoms with Crippen molar-refractivity contribution in [1.82, 2.24) is 9.97 Å². The van der Waals surface area contributed by atoms with E-state index in [1.165, 1.54) is 0 Å². The predicted molar refractivity (Wildman–Crippen MR) is 45.7 cm³/mol. The first-order valence-electron chi connectivity index (χ1n) is 3.50. The number of anilines is 1. The topological polar surface area (TPSA) is 80.7 Å². The minimum absolute atomic E-state index is 0.442. The molecule has 1 aromatic rings. The van der Waals surface area contributed by atoms with E-state index in [-0.39, 0.29) is 0 Å². The highest BCUT2D eigenvalue weighted by Crippen LogP contribution is 2.00. The third-order valence-electron chi connectivity index (χ3n) is 1.25. The second kappa shape index (κ2) is 3.78. The summed E-state index contributed by atoms with van der Waals surface area (Å²) in [6.07, 6.45) is 6.45. The van der Waals surface area contributed by atoms with E-state index in [1.54, 1.807) is 6.20 Å². The summed E-state index contributed by atoms with van der Waals surface area (Å²) in [4.78, 5) is 6.71. The molecule has 1 aromatic heterocycles. The summed E-state index contributed by atoms with van der Waals surface area (Å²) in [5, 5.41) is 0. The SMILES string of the molecule is NCC/C=C/c1cnc(N)[nH]1. The molecular weight excluding hydrogens is 140 g/mol. The Morgan fingerprint density at radius 2 is 2.45 bits per heavy atom. The van der Waals surface area contributed by atoms with Gasteiger partial charge in [0.2, 0.25) is 0 Å². The van der Waals surface area contributed by atoms with Crippen LogP contribution < -0.4 is 11.5 Å². The Balaban J connectivity index is 2.50. The fourth-order valence-electron chi connectivity index (χ4n) is 0.743. The maximum absolute atomic E-state index is 5.36. The Labute approximate surface area is 65.3 Å². The van der Waals surface area contributed by atoms with Crippen LogP contribution in [0, 0.1) is 0 Å². The van der Waals surface area contributed by atoms with Crippen molar-refractivity contribution >= 4 is 12.0 Å². The number of nitrogens with one attached hydrogen (secondary N) is 1. The van der Waals surface area contributed by atoms with Crippen molar-refractivity contribution in [2.24, 2.45) is 5.73 Å². The molecule has 0 aliphatic rings. The molecule has 5 N–H and O–H groups in total. The molecule has 1 rings (SSSR count). The largest absolute Gasteiger partial charge is 0.369 e. The van der Waals surface area contributed by atoms with E-state index in [1.807, 2.05) is 12.2 Å². The summed E-state index contributed by atoms with van der Waals surface area (Å²) >= 11 is 0. The number of hydrogen-bond donors (Lipinski definition) is 3. The van der Waals surface area contributed by atoms with Crippen LogP contribution in [0.25, 0.3) is 6.08 Å². The summed E-state index contributed by atoms with van der Waals surface area (Å²) in [7, 11) is 0. The van der Waals surface area contributed by atoms with E-state index >= 15 is 0 Å². The number of hydrogen-bond acceptors (Lipinski definition) is 3. The molecule has 0 unspecified atom stereocenters. The lowest BCUT2D eigenvalue weighted by Gasteiger charge is -1.84. The number of aromatic nitrogens is 2. The number of nitrogens with two attached hydrogens (primary N) is 2.